The van der Waals surface area contributed by atoms with E-state index >= 15 is 4.39 Å². The summed E-state index contributed by atoms with van der Waals surface area (Å²) in [4.78, 5) is 21.8. The van der Waals surface area contributed by atoms with Crippen LogP contribution in [-0.4, -0.2) is 48.7 Å². The van der Waals surface area contributed by atoms with Crippen LogP contribution in [0.4, 0.5) is 10.2 Å². The molecule has 228 valence electrons. The fourth-order valence-electron chi connectivity index (χ4n) is 5.26. The quantitative estimate of drug-likeness (QED) is 0.110. The molecule has 10 nitrogen and oxygen atoms in total. The third-order valence-electron chi connectivity index (χ3n) is 7.56. The SMILES string of the molecule is C#Cc1nc2cc(-c3c(-c4ccc(Oc5nccc(C)n5)c(F)c4)c4c(N)ncnc4n3C)ccc2n1COCC[Si](C)(C)C. The Balaban J connectivity index is 1.43. The number of hydrogen-bond donors (Lipinski definition) is 1. The molecule has 0 aliphatic heterocycles. The van der Waals surface area contributed by atoms with Crippen LogP contribution in [0.1, 0.15) is 11.5 Å². The number of ether oxygens (including phenoxy) is 2. The maximum atomic E-state index is 15.6. The number of hydrogen-bond acceptors (Lipinski definition) is 8. The maximum absolute atomic E-state index is 15.6. The average Bonchev–Trinajstić information content (AvgIpc) is 3.50. The first-order valence-electron chi connectivity index (χ1n) is 14.5. The van der Waals surface area contributed by atoms with E-state index in [9.17, 15) is 0 Å². The zero-order valence-electron chi connectivity index (χ0n) is 25.8. The van der Waals surface area contributed by atoms with E-state index in [-0.39, 0.29) is 17.6 Å². The van der Waals surface area contributed by atoms with E-state index in [2.05, 4.69) is 45.5 Å². The van der Waals surface area contributed by atoms with Crippen molar-refractivity contribution in [3.05, 3.63) is 72.3 Å². The average molecular weight is 621 g/mol. The second-order valence-electron chi connectivity index (χ2n) is 12.0. The Morgan fingerprint density at radius 3 is 2.56 bits per heavy atom. The molecule has 2 N–H and O–H groups in total. The van der Waals surface area contributed by atoms with Gasteiger partial charge in [0.25, 0.3) is 0 Å². The molecule has 6 aromatic rings. The fourth-order valence-corrected chi connectivity index (χ4v) is 6.02. The maximum Gasteiger partial charge on any atom is 0.322 e. The van der Waals surface area contributed by atoms with Crippen molar-refractivity contribution < 1.29 is 13.9 Å². The van der Waals surface area contributed by atoms with Gasteiger partial charge in [-0.25, -0.2) is 29.3 Å². The van der Waals surface area contributed by atoms with E-state index in [1.807, 2.05) is 34.4 Å². The van der Waals surface area contributed by atoms with Gasteiger partial charge in [-0.05, 0) is 54.8 Å². The van der Waals surface area contributed by atoms with E-state index in [1.54, 1.807) is 31.3 Å². The first kappa shape index (κ1) is 29.9. The highest BCUT2D eigenvalue weighted by atomic mass is 28.3. The van der Waals surface area contributed by atoms with E-state index < -0.39 is 13.9 Å². The van der Waals surface area contributed by atoms with Crippen LogP contribution >= 0.6 is 0 Å². The van der Waals surface area contributed by atoms with Crippen molar-refractivity contribution in [2.45, 2.75) is 39.3 Å². The molecule has 4 heterocycles. The lowest BCUT2D eigenvalue weighted by molar-refractivity contribution is 0.0893. The second-order valence-corrected chi connectivity index (χ2v) is 17.6. The molecule has 6 rings (SSSR count). The first-order valence-corrected chi connectivity index (χ1v) is 18.2. The summed E-state index contributed by atoms with van der Waals surface area (Å²) < 4.78 is 31.0. The van der Waals surface area contributed by atoms with Crippen molar-refractivity contribution in [2.24, 2.45) is 7.05 Å². The number of anilines is 1. The topological polar surface area (TPSA) is 119 Å². The monoisotopic (exact) mass is 620 g/mol. The van der Waals surface area contributed by atoms with Gasteiger partial charge in [-0.1, -0.05) is 31.8 Å². The number of fused-ring (bicyclic) bond motifs is 2. The number of nitrogen functional groups attached to an aromatic ring is 1. The molecule has 0 saturated heterocycles. The standard InChI is InChI=1S/C33H33FN8O2Si/c1-7-27-40-24-17-22(8-10-25(24)42(27)19-43-14-15-45(4,5)6)30-28(29-31(35)37-18-38-32(29)41(30)3)21-9-11-26(23(34)16-21)44-33-36-13-12-20(2)39-33/h1,8-13,16-18H,14-15,19H2,2-6H3,(H2,35,37,38). The van der Waals surface area contributed by atoms with Crippen LogP contribution in [0, 0.1) is 25.1 Å². The number of nitrogens with two attached hydrogens (primary N) is 1. The Morgan fingerprint density at radius 1 is 1.02 bits per heavy atom. The van der Waals surface area contributed by atoms with E-state index in [0.717, 1.165) is 22.8 Å². The third kappa shape index (κ3) is 5.87. The van der Waals surface area contributed by atoms with Crippen LogP contribution in [0.3, 0.4) is 0 Å². The minimum absolute atomic E-state index is 0.00352. The lowest BCUT2D eigenvalue weighted by atomic mass is 9.98. The number of nitrogens with zero attached hydrogens (tertiary/aromatic N) is 7. The molecular formula is C33H33FN8O2Si. The summed E-state index contributed by atoms with van der Waals surface area (Å²) in [6.45, 7) is 9.73. The second kappa shape index (κ2) is 11.8. The van der Waals surface area contributed by atoms with Crippen molar-refractivity contribution in [2.75, 3.05) is 12.3 Å². The number of aryl methyl sites for hydroxylation is 2. The Hall–Kier alpha value is -5.12. The van der Waals surface area contributed by atoms with Crippen LogP contribution in [0.2, 0.25) is 25.7 Å². The number of terminal acetylenes is 1. The largest absolute Gasteiger partial charge is 0.421 e. The molecule has 0 bridgehead atoms. The van der Waals surface area contributed by atoms with Gasteiger partial charge < -0.3 is 19.8 Å². The summed E-state index contributed by atoms with van der Waals surface area (Å²) in [5, 5.41) is 0.607. The van der Waals surface area contributed by atoms with E-state index in [4.69, 9.17) is 26.6 Å². The molecule has 0 saturated carbocycles. The Labute approximate surface area is 261 Å². The molecule has 4 aromatic heterocycles. The summed E-state index contributed by atoms with van der Waals surface area (Å²) in [7, 11) is 0.657. The van der Waals surface area contributed by atoms with Gasteiger partial charge in [0.1, 0.15) is 24.5 Å². The highest BCUT2D eigenvalue weighted by Gasteiger charge is 2.24. The Kier molecular flexibility index (Phi) is 7.82. The molecule has 0 atom stereocenters. The number of rotatable bonds is 9. The fraction of sp³-hybridized carbons (Fsp3) is 0.242. The third-order valence-corrected chi connectivity index (χ3v) is 9.26. The molecule has 0 aliphatic carbocycles. The molecule has 0 radical (unpaired) electrons. The van der Waals surface area contributed by atoms with E-state index in [0.29, 0.717) is 52.5 Å². The number of halogens is 1. The van der Waals surface area contributed by atoms with Gasteiger partial charge in [-0.15, -0.1) is 6.42 Å². The van der Waals surface area contributed by atoms with E-state index in [1.165, 1.54) is 12.4 Å². The van der Waals surface area contributed by atoms with Gasteiger partial charge in [0.2, 0.25) is 0 Å². The predicted octanol–water partition coefficient (Wildman–Crippen LogP) is 6.56. The van der Waals surface area contributed by atoms with Crippen LogP contribution in [0.15, 0.2) is 55.0 Å². The molecule has 0 aliphatic rings. The number of benzene rings is 2. The van der Waals surface area contributed by atoms with Gasteiger partial charge in [0, 0.05) is 44.7 Å². The normalized spacial score (nSPS) is 11.8. The molecule has 45 heavy (non-hydrogen) atoms. The highest BCUT2D eigenvalue weighted by molar-refractivity contribution is 6.76. The highest BCUT2D eigenvalue weighted by Crippen LogP contribution is 2.43. The zero-order chi connectivity index (χ0) is 31.9. The van der Waals surface area contributed by atoms with Crippen LogP contribution in [0.5, 0.6) is 11.8 Å². The van der Waals surface area contributed by atoms with Crippen LogP contribution in [-0.2, 0) is 18.5 Å². The number of aromatic nitrogens is 7. The van der Waals surface area contributed by atoms with Gasteiger partial charge >= 0.3 is 6.01 Å². The number of imidazole rings is 1. The smallest absolute Gasteiger partial charge is 0.322 e. The van der Waals surface area contributed by atoms with Crippen molar-refractivity contribution in [3.8, 4) is 46.5 Å². The summed E-state index contributed by atoms with van der Waals surface area (Å²) in [6.07, 6.45) is 8.81. The van der Waals surface area contributed by atoms with Crippen molar-refractivity contribution in [3.63, 3.8) is 0 Å². The van der Waals surface area contributed by atoms with Crippen molar-refractivity contribution in [1.29, 1.82) is 0 Å². The first-order chi connectivity index (χ1) is 21.5. The van der Waals surface area contributed by atoms with Gasteiger partial charge in [0.15, 0.2) is 17.4 Å². The lowest BCUT2D eigenvalue weighted by Crippen LogP contribution is -2.22. The van der Waals surface area contributed by atoms with Gasteiger partial charge in [0.05, 0.1) is 22.1 Å². The molecule has 2 aromatic carbocycles. The molecular weight excluding hydrogens is 588 g/mol. The van der Waals surface area contributed by atoms with Gasteiger partial charge in [-0.3, -0.25) is 4.57 Å². The Bertz CT molecular complexity index is 2110. The summed E-state index contributed by atoms with van der Waals surface area (Å²) in [6, 6.07) is 13.5. The van der Waals surface area contributed by atoms with Crippen LogP contribution < -0.4 is 10.5 Å². The lowest BCUT2D eigenvalue weighted by Gasteiger charge is -2.16. The minimum Gasteiger partial charge on any atom is -0.421 e. The summed E-state index contributed by atoms with van der Waals surface area (Å²) >= 11 is 0. The van der Waals surface area contributed by atoms with Gasteiger partial charge in [-0.2, -0.15) is 0 Å². The molecule has 0 spiro atoms. The molecule has 0 amide bonds. The predicted molar refractivity (Wildman–Crippen MR) is 176 cm³/mol. The Morgan fingerprint density at radius 2 is 1.82 bits per heavy atom. The van der Waals surface area contributed by atoms with Crippen molar-refractivity contribution >= 4 is 36.0 Å². The summed E-state index contributed by atoms with van der Waals surface area (Å²) in [5.41, 5.74) is 12.1. The molecule has 0 fully saturated rings. The zero-order valence-corrected chi connectivity index (χ0v) is 26.8. The molecule has 12 heteroatoms. The summed E-state index contributed by atoms with van der Waals surface area (Å²) in [5.74, 6) is 2.86. The van der Waals surface area contributed by atoms with Crippen LogP contribution in [0.25, 0.3) is 44.5 Å². The minimum atomic E-state index is -1.23. The molecule has 0 unspecified atom stereocenters. The van der Waals surface area contributed by atoms with Crippen molar-refractivity contribution in [1.82, 2.24) is 34.1 Å².